The molecule has 0 bridgehead atoms. The number of aromatic nitrogens is 2. The molecule has 40 heavy (non-hydrogen) atoms. The number of fused-ring (bicyclic) bond motifs is 2. The van der Waals surface area contributed by atoms with Gasteiger partial charge in [0.1, 0.15) is 22.8 Å². The number of rotatable bonds is 4. The minimum absolute atomic E-state index is 0.508. The Kier molecular flexibility index (Phi) is 5.90. The first-order valence-electron chi connectivity index (χ1n) is 13.0. The molecule has 0 fully saturated rings. The maximum absolute atomic E-state index is 13.7. The highest BCUT2D eigenvalue weighted by Gasteiger charge is 2.12. The van der Waals surface area contributed by atoms with E-state index in [1.807, 2.05) is 66.9 Å². The molecule has 2 aromatic heterocycles. The van der Waals surface area contributed by atoms with E-state index in [9.17, 15) is 8.78 Å². The quantitative estimate of drug-likeness (QED) is 0.231. The predicted molar refractivity (Wildman–Crippen MR) is 155 cm³/mol. The molecule has 2 heterocycles. The fourth-order valence-electron chi connectivity index (χ4n) is 5.06. The van der Waals surface area contributed by atoms with Crippen molar-refractivity contribution in [1.82, 2.24) is 9.97 Å². The smallest absolute Gasteiger partial charge is 0.246 e. The van der Waals surface area contributed by atoms with Crippen molar-refractivity contribution in [2.24, 2.45) is 0 Å². The van der Waals surface area contributed by atoms with Crippen LogP contribution in [0.2, 0.25) is 0 Å². The molecule has 0 N–H and O–H groups in total. The van der Waals surface area contributed by atoms with Crippen molar-refractivity contribution >= 4 is 22.7 Å². The van der Waals surface area contributed by atoms with Crippen LogP contribution in [0.15, 0.2) is 120 Å². The minimum Gasteiger partial charge on any atom is -0.435 e. The SMILES string of the molecule is Fc1cc(F)cc(-c2ccc(C3=Cc4ccc(-c5ccc(-c6nc7ccccc7o6)nc5)cc4CC=C3)cc2)c1. The van der Waals surface area contributed by atoms with Gasteiger partial charge in [-0.25, -0.2) is 13.8 Å². The number of halogens is 2. The zero-order valence-electron chi connectivity index (χ0n) is 21.3. The van der Waals surface area contributed by atoms with Gasteiger partial charge >= 0.3 is 0 Å². The van der Waals surface area contributed by atoms with Crippen molar-refractivity contribution in [3.05, 3.63) is 144 Å². The second kappa shape index (κ2) is 9.86. The number of para-hydroxylation sites is 2. The number of hydrogen-bond donors (Lipinski definition) is 0. The number of benzene rings is 4. The summed E-state index contributed by atoms with van der Waals surface area (Å²) in [5.74, 6) is -0.660. The van der Waals surface area contributed by atoms with Crippen LogP contribution in [0.25, 0.3) is 56.6 Å². The molecule has 6 aromatic rings. The van der Waals surface area contributed by atoms with E-state index in [2.05, 4.69) is 46.4 Å². The number of oxazole rings is 1. The Bertz CT molecular complexity index is 1880. The highest BCUT2D eigenvalue weighted by Crippen LogP contribution is 2.31. The van der Waals surface area contributed by atoms with E-state index in [4.69, 9.17) is 4.42 Å². The summed E-state index contributed by atoms with van der Waals surface area (Å²) < 4.78 is 33.2. The Hall–Kier alpha value is -5.16. The van der Waals surface area contributed by atoms with Gasteiger partial charge in [-0.3, -0.25) is 4.98 Å². The van der Waals surface area contributed by atoms with Crippen LogP contribution in [0.1, 0.15) is 16.7 Å². The highest BCUT2D eigenvalue weighted by atomic mass is 19.1. The Morgan fingerprint density at radius 1 is 0.675 bits per heavy atom. The molecule has 0 amide bonds. The van der Waals surface area contributed by atoms with Crippen LogP contribution in [0.4, 0.5) is 8.78 Å². The topological polar surface area (TPSA) is 38.9 Å². The molecule has 192 valence electrons. The zero-order chi connectivity index (χ0) is 27.1. The fraction of sp³-hybridized carbons (Fsp3) is 0.0286. The van der Waals surface area contributed by atoms with Gasteiger partial charge in [0.05, 0.1) is 0 Å². The van der Waals surface area contributed by atoms with Crippen LogP contribution in [-0.4, -0.2) is 9.97 Å². The molecule has 0 aliphatic heterocycles. The second-order valence-corrected chi connectivity index (χ2v) is 9.77. The van der Waals surface area contributed by atoms with E-state index >= 15 is 0 Å². The summed E-state index contributed by atoms with van der Waals surface area (Å²) in [6.45, 7) is 0. The average Bonchev–Trinajstić information content (AvgIpc) is 3.30. The van der Waals surface area contributed by atoms with E-state index in [0.29, 0.717) is 17.1 Å². The van der Waals surface area contributed by atoms with Gasteiger partial charge in [0.2, 0.25) is 5.89 Å². The fourth-order valence-corrected chi connectivity index (χ4v) is 5.06. The van der Waals surface area contributed by atoms with E-state index in [1.54, 1.807) is 0 Å². The third-order valence-corrected chi connectivity index (χ3v) is 7.11. The Morgan fingerprint density at radius 2 is 1.43 bits per heavy atom. The molecule has 0 spiro atoms. The largest absolute Gasteiger partial charge is 0.435 e. The van der Waals surface area contributed by atoms with Crippen molar-refractivity contribution < 1.29 is 13.2 Å². The van der Waals surface area contributed by atoms with Gasteiger partial charge in [-0.1, -0.05) is 72.8 Å². The lowest BCUT2D eigenvalue weighted by atomic mass is 9.96. The highest BCUT2D eigenvalue weighted by molar-refractivity contribution is 5.90. The summed E-state index contributed by atoms with van der Waals surface area (Å²) in [7, 11) is 0. The molecule has 1 aliphatic rings. The first-order valence-corrected chi connectivity index (χ1v) is 13.0. The molecule has 0 unspecified atom stereocenters. The summed E-state index contributed by atoms with van der Waals surface area (Å²) >= 11 is 0. The molecular weight excluding hydrogens is 502 g/mol. The lowest BCUT2D eigenvalue weighted by molar-refractivity contribution is 0.584. The van der Waals surface area contributed by atoms with Crippen molar-refractivity contribution in [3.8, 4) is 33.8 Å². The summed E-state index contributed by atoms with van der Waals surface area (Å²) in [6, 6.07) is 29.4. The summed E-state index contributed by atoms with van der Waals surface area (Å²) in [4.78, 5) is 9.16. The lowest BCUT2D eigenvalue weighted by Gasteiger charge is -2.09. The Balaban J connectivity index is 1.14. The molecule has 3 nitrogen and oxygen atoms in total. The van der Waals surface area contributed by atoms with E-state index in [0.717, 1.165) is 57.0 Å². The molecule has 5 heteroatoms. The number of allylic oxidation sites excluding steroid dienone is 3. The van der Waals surface area contributed by atoms with Gasteiger partial charge < -0.3 is 4.42 Å². The van der Waals surface area contributed by atoms with Crippen LogP contribution in [0.3, 0.4) is 0 Å². The molecule has 4 aromatic carbocycles. The third-order valence-electron chi connectivity index (χ3n) is 7.11. The monoisotopic (exact) mass is 524 g/mol. The first kappa shape index (κ1) is 23.9. The van der Waals surface area contributed by atoms with Crippen molar-refractivity contribution in [1.29, 1.82) is 0 Å². The van der Waals surface area contributed by atoms with Gasteiger partial charge in [0, 0.05) is 17.8 Å². The summed E-state index contributed by atoms with van der Waals surface area (Å²) in [5, 5.41) is 0. The molecule has 0 atom stereocenters. The van der Waals surface area contributed by atoms with Gasteiger partial charge in [-0.05, 0) is 81.8 Å². The van der Waals surface area contributed by atoms with Crippen LogP contribution in [0.5, 0.6) is 0 Å². The lowest BCUT2D eigenvalue weighted by Crippen LogP contribution is -1.90. The van der Waals surface area contributed by atoms with Crippen molar-refractivity contribution in [2.75, 3.05) is 0 Å². The number of nitrogens with zero attached hydrogens (tertiary/aromatic N) is 2. The van der Waals surface area contributed by atoms with E-state index in [1.165, 1.54) is 17.7 Å². The number of hydrogen-bond acceptors (Lipinski definition) is 3. The standard InChI is InChI=1S/C35H22F2N2O/c36-30-18-29(19-31(37)20-30)23-10-8-22(9-11-23)24-4-3-5-25-17-27(13-12-26(25)16-24)28-14-15-33(38-21-28)35-39-32-6-1-2-7-34(32)40-35/h1-4,6-21H,5H2. The first-order chi connectivity index (χ1) is 19.6. The Labute approximate surface area is 229 Å². The normalized spacial score (nSPS) is 12.7. The zero-order valence-corrected chi connectivity index (χ0v) is 21.3. The van der Waals surface area contributed by atoms with Crippen molar-refractivity contribution in [3.63, 3.8) is 0 Å². The Morgan fingerprint density at radius 3 is 2.20 bits per heavy atom. The third kappa shape index (κ3) is 4.63. The predicted octanol–water partition coefficient (Wildman–Crippen LogP) is 9.15. The van der Waals surface area contributed by atoms with Crippen LogP contribution in [0, 0.1) is 11.6 Å². The molecule has 0 saturated heterocycles. The maximum atomic E-state index is 13.7. The van der Waals surface area contributed by atoms with Crippen molar-refractivity contribution in [2.45, 2.75) is 6.42 Å². The van der Waals surface area contributed by atoms with E-state index < -0.39 is 11.6 Å². The van der Waals surface area contributed by atoms with Gasteiger partial charge in [-0.15, -0.1) is 0 Å². The number of pyridine rings is 1. The summed E-state index contributed by atoms with van der Waals surface area (Å²) in [6.07, 6.45) is 9.11. The maximum Gasteiger partial charge on any atom is 0.246 e. The van der Waals surface area contributed by atoms with Crippen LogP contribution >= 0.6 is 0 Å². The molecule has 1 aliphatic carbocycles. The minimum atomic E-state index is -0.584. The average molecular weight is 525 g/mol. The van der Waals surface area contributed by atoms with E-state index in [-0.39, 0.29) is 0 Å². The van der Waals surface area contributed by atoms with Gasteiger partial charge in [0.25, 0.3) is 0 Å². The molecule has 0 saturated carbocycles. The molecular formula is C35H22F2N2O. The summed E-state index contributed by atoms with van der Waals surface area (Å²) in [5.41, 5.74) is 10.1. The second-order valence-electron chi connectivity index (χ2n) is 9.77. The molecule has 7 rings (SSSR count). The molecule has 0 radical (unpaired) electrons. The van der Waals surface area contributed by atoms with Crippen LogP contribution in [-0.2, 0) is 6.42 Å². The van der Waals surface area contributed by atoms with Gasteiger partial charge in [-0.2, -0.15) is 0 Å². The van der Waals surface area contributed by atoms with Crippen LogP contribution < -0.4 is 0 Å². The van der Waals surface area contributed by atoms with Gasteiger partial charge in [0.15, 0.2) is 5.58 Å².